The number of rotatable bonds is 7. The van der Waals surface area contributed by atoms with Gasteiger partial charge in [0.2, 0.25) is 15.9 Å². The van der Waals surface area contributed by atoms with Gasteiger partial charge in [0.05, 0.1) is 23.2 Å². The highest BCUT2D eigenvalue weighted by Gasteiger charge is 2.30. The zero-order valence-corrected chi connectivity index (χ0v) is 18.3. The van der Waals surface area contributed by atoms with Gasteiger partial charge in [-0.15, -0.1) is 0 Å². The molecule has 1 N–H and O–H groups in total. The number of fused-ring (bicyclic) bond motifs is 1. The first-order chi connectivity index (χ1) is 14.5. The van der Waals surface area contributed by atoms with Crippen molar-refractivity contribution < 1.29 is 13.2 Å². The van der Waals surface area contributed by atoms with Gasteiger partial charge in [0.1, 0.15) is 0 Å². The van der Waals surface area contributed by atoms with E-state index in [1.165, 1.54) is 12.1 Å². The first kappa shape index (κ1) is 20.9. The number of ether oxygens (including phenoxy) is 1. The molecule has 0 saturated carbocycles. The molecule has 0 bridgehead atoms. The van der Waals surface area contributed by atoms with Crippen LogP contribution in [0.4, 0.5) is 0 Å². The molecule has 0 amide bonds. The zero-order chi connectivity index (χ0) is 21.1. The summed E-state index contributed by atoms with van der Waals surface area (Å²) < 4.78 is 36.9. The lowest BCUT2D eigenvalue weighted by atomic mass is 10.0. The van der Waals surface area contributed by atoms with Gasteiger partial charge in [0.25, 0.3) is 0 Å². The summed E-state index contributed by atoms with van der Waals surface area (Å²) in [4.78, 5) is 0.170. The van der Waals surface area contributed by atoms with E-state index in [0.29, 0.717) is 24.5 Å². The zero-order valence-electron chi connectivity index (χ0n) is 16.7. The largest absolute Gasteiger partial charge is 0.478 e. The SMILES string of the molecule is CCc1c(C(Cc2ccccc2)NS(=O)(=O)c2ccc(Cl)cc2)nn2c1OCCC2. The number of benzene rings is 2. The van der Waals surface area contributed by atoms with Gasteiger partial charge in [-0.3, -0.25) is 0 Å². The molecule has 1 aromatic heterocycles. The smallest absolute Gasteiger partial charge is 0.241 e. The first-order valence-electron chi connectivity index (χ1n) is 10.0. The van der Waals surface area contributed by atoms with Crippen LogP contribution >= 0.6 is 11.6 Å². The first-order valence-corrected chi connectivity index (χ1v) is 11.9. The van der Waals surface area contributed by atoms with Crippen molar-refractivity contribution in [2.45, 2.75) is 43.7 Å². The van der Waals surface area contributed by atoms with Crippen LogP contribution in [0.3, 0.4) is 0 Å². The molecule has 0 radical (unpaired) electrons. The summed E-state index contributed by atoms with van der Waals surface area (Å²) in [7, 11) is -3.77. The van der Waals surface area contributed by atoms with Crippen molar-refractivity contribution in [3.05, 3.63) is 76.4 Å². The van der Waals surface area contributed by atoms with Crippen LogP contribution in [0.25, 0.3) is 0 Å². The third kappa shape index (κ3) is 4.38. The summed E-state index contributed by atoms with van der Waals surface area (Å²) in [5, 5.41) is 5.24. The van der Waals surface area contributed by atoms with Crippen molar-refractivity contribution in [1.82, 2.24) is 14.5 Å². The maximum atomic E-state index is 13.1. The number of sulfonamides is 1. The van der Waals surface area contributed by atoms with Crippen LogP contribution in [0.1, 0.15) is 36.2 Å². The fourth-order valence-corrected chi connectivity index (χ4v) is 5.05. The Labute approximate surface area is 181 Å². The lowest BCUT2D eigenvalue weighted by molar-refractivity contribution is 0.228. The van der Waals surface area contributed by atoms with Crippen molar-refractivity contribution in [2.75, 3.05) is 6.61 Å². The molecule has 158 valence electrons. The summed E-state index contributed by atoms with van der Waals surface area (Å²) in [6.45, 7) is 3.45. The second kappa shape index (κ2) is 8.79. The molecule has 1 aliphatic heterocycles. The molecule has 30 heavy (non-hydrogen) atoms. The minimum atomic E-state index is -3.77. The molecule has 1 unspecified atom stereocenters. The molecule has 0 fully saturated rings. The summed E-state index contributed by atoms with van der Waals surface area (Å²) >= 11 is 5.93. The molecular formula is C22H24ClN3O3S. The predicted molar refractivity (Wildman–Crippen MR) is 116 cm³/mol. The maximum absolute atomic E-state index is 13.1. The van der Waals surface area contributed by atoms with Gasteiger partial charge in [-0.2, -0.15) is 5.10 Å². The van der Waals surface area contributed by atoms with Gasteiger partial charge < -0.3 is 4.74 Å². The predicted octanol–water partition coefficient (Wildman–Crippen LogP) is 4.14. The highest BCUT2D eigenvalue weighted by atomic mass is 35.5. The van der Waals surface area contributed by atoms with Crippen molar-refractivity contribution in [1.29, 1.82) is 0 Å². The third-order valence-corrected chi connectivity index (χ3v) is 6.91. The van der Waals surface area contributed by atoms with Crippen LogP contribution in [0.2, 0.25) is 5.02 Å². The van der Waals surface area contributed by atoms with Crippen LogP contribution in [0, 0.1) is 0 Å². The average molecular weight is 446 g/mol. The molecule has 4 rings (SSSR count). The molecule has 0 saturated heterocycles. The number of hydrogen-bond donors (Lipinski definition) is 1. The molecule has 6 nitrogen and oxygen atoms in total. The molecule has 0 aliphatic carbocycles. The number of aromatic nitrogens is 2. The van der Waals surface area contributed by atoms with Crippen molar-refractivity contribution in [3.8, 4) is 5.88 Å². The standard InChI is InChI=1S/C22H24ClN3O3S/c1-2-19-21(24-26-13-6-14-29-22(19)26)20(15-16-7-4-3-5-8-16)25-30(27,28)18-11-9-17(23)10-12-18/h3-5,7-12,20,25H,2,6,13-15H2,1H3. The fourth-order valence-electron chi connectivity index (χ4n) is 3.72. The molecular weight excluding hydrogens is 422 g/mol. The van der Waals surface area contributed by atoms with E-state index in [1.807, 2.05) is 41.9 Å². The van der Waals surface area contributed by atoms with Crippen LogP contribution in [0.5, 0.6) is 5.88 Å². The molecule has 1 aliphatic rings. The van der Waals surface area contributed by atoms with Crippen LogP contribution in [-0.2, 0) is 29.4 Å². The summed E-state index contributed by atoms with van der Waals surface area (Å²) in [5.74, 6) is 0.752. The van der Waals surface area contributed by atoms with E-state index < -0.39 is 16.1 Å². The highest BCUT2D eigenvalue weighted by Crippen LogP contribution is 2.32. The van der Waals surface area contributed by atoms with Crippen LogP contribution in [-0.4, -0.2) is 24.8 Å². The van der Waals surface area contributed by atoms with Crippen molar-refractivity contribution >= 4 is 21.6 Å². The van der Waals surface area contributed by atoms with E-state index in [1.54, 1.807) is 12.1 Å². The third-order valence-electron chi connectivity index (χ3n) is 5.17. The number of halogens is 1. The molecule has 1 atom stereocenters. The highest BCUT2D eigenvalue weighted by molar-refractivity contribution is 7.89. The second-order valence-electron chi connectivity index (χ2n) is 7.27. The Morgan fingerprint density at radius 3 is 2.60 bits per heavy atom. The van der Waals surface area contributed by atoms with Gasteiger partial charge in [-0.05, 0) is 42.7 Å². The van der Waals surface area contributed by atoms with Crippen LogP contribution < -0.4 is 9.46 Å². The minimum absolute atomic E-state index is 0.170. The van der Waals surface area contributed by atoms with Gasteiger partial charge in [0, 0.05) is 23.6 Å². The Bertz CT molecular complexity index is 1110. The number of nitrogens with one attached hydrogen (secondary N) is 1. The quantitative estimate of drug-likeness (QED) is 0.593. The van der Waals surface area contributed by atoms with E-state index in [-0.39, 0.29) is 4.90 Å². The lowest BCUT2D eigenvalue weighted by Gasteiger charge is -2.19. The minimum Gasteiger partial charge on any atom is -0.478 e. The summed E-state index contributed by atoms with van der Waals surface area (Å²) in [5.41, 5.74) is 2.69. The lowest BCUT2D eigenvalue weighted by Crippen LogP contribution is -2.31. The van der Waals surface area contributed by atoms with Crippen molar-refractivity contribution in [2.24, 2.45) is 0 Å². The number of hydrogen-bond acceptors (Lipinski definition) is 4. The van der Waals surface area contributed by atoms with E-state index in [4.69, 9.17) is 21.4 Å². The van der Waals surface area contributed by atoms with E-state index in [0.717, 1.165) is 35.7 Å². The van der Waals surface area contributed by atoms with Gasteiger partial charge in [0.15, 0.2) is 0 Å². The Balaban J connectivity index is 1.74. The molecule has 3 aromatic rings. The van der Waals surface area contributed by atoms with Gasteiger partial charge >= 0.3 is 0 Å². The van der Waals surface area contributed by atoms with E-state index in [9.17, 15) is 8.42 Å². The van der Waals surface area contributed by atoms with Crippen molar-refractivity contribution in [3.63, 3.8) is 0 Å². The summed E-state index contributed by atoms with van der Waals surface area (Å²) in [6, 6.07) is 15.4. The average Bonchev–Trinajstić information content (AvgIpc) is 3.13. The molecule has 2 aromatic carbocycles. The monoisotopic (exact) mass is 445 g/mol. The maximum Gasteiger partial charge on any atom is 0.241 e. The Morgan fingerprint density at radius 1 is 1.17 bits per heavy atom. The molecule has 0 spiro atoms. The van der Waals surface area contributed by atoms with Gasteiger partial charge in [-0.25, -0.2) is 17.8 Å². The Kier molecular flexibility index (Phi) is 6.13. The summed E-state index contributed by atoms with van der Waals surface area (Å²) in [6.07, 6.45) is 2.08. The molecule has 2 heterocycles. The Morgan fingerprint density at radius 2 is 1.90 bits per heavy atom. The van der Waals surface area contributed by atoms with Crippen LogP contribution in [0.15, 0.2) is 59.5 Å². The van der Waals surface area contributed by atoms with E-state index >= 15 is 0 Å². The number of aryl methyl sites for hydroxylation is 1. The molecule has 8 heteroatoms. The normalized spacial score (nSPS) is 14.7. The van der Waals surface area contributed by atoms with E-state index in [2.05, 4.69) is 4.72 Å². The van der Waals surface area contributed by atoms with Gasteiger partial charge in [-0.1, -0.05) is 48.9 Å². The second-order valence-corrected chi connectivity index (χ2v) is 9.42. The number of nitrogens with zero attached hydrogens (tertiary/aromatic N) is 2. The fraction of sp³-hybridized carbons (Fsp3) is 0.318. The topological polar surface area (TPSA) is 73.2 Å². The Hall–Kier alpha value is -2.35.